The van der Waals surface area contributed by atoms with Crippen LogP contribution >= 0.6 is 0 Å². The van der Waals surface area contributed by atoms with Crippen LogP contribution in [0.3, 0.4) is 0 Å². The summed E-state index contributed by atoms with van der Waals surface area (Å²) in [6.07, 6.45) is 3.94. The van der Waals surface area contributed by atoms with Crippen LogP contribution in [0.25, 0.3) is 0 Å². The Labute approximate surface area is 141 Å². The molecule has 23 heavy (non-hydrogen) atoms. The van der Waals surface area contributed by atoms with E-state index < -0.39 is 0 Å². The Kier molecular flexibility index (Phi) is 7.86. The number of benzene rings is 1. The van der Waals surface area contributed by atoms with Gasteiger partial charge in [0.2, 0.25) is 0 Å². The van der Waals surface area contributed by atoms with Crippen molar-refractivity contribution >= 4 is 0 Å². The van der Waals surface area contributed by atoms with Gasteiger partial charge in [0, 0.05) is 19.1 Å². The Morgan fingerprint density at radius 3 is 2.30 bits per heavy atom. The standard InChI is InChI=1S/C19H33N3O/c1-3-21(4-2)14-15-23-18-10-8-17(9-11-18)19(16-20)22-12-6-5-7-13-22/h8-11,19H,3-7,12-16,20H2,1-2H3. The van der Waals surface area contributed by atoms with E-state index in [1.807, 2.05) is 0 Å². The molecular weight excluding hydrogens is 286 g/mol. The molecule has 1 aromatic rings. The third-order valence-corrected chi connectivity index (χ3v) is 4.89. The number of ether oxygens (including phenoxy) is 1. The minimum absolute atomic E-state index is 0.347. The summed E-state index contributed by atoms with van der Waals surface area (Å²) in [6, 6.07) is 8.88. The lowest BCUT2D eigenvalue weighted by Gasteiger charge is -2.34. The van der Waals surface area contributed by atoms with Gasteiger partial charge in [-0.05, 0) is 56.7 Å². The number of nitrogens with zero attached hydrogens (tertiary/aromatic N) is 2. The van der Waals surface area contributed by atoms with E-state index in [0.29, 0.717) is 12.6 Å². The summed E-state index contributed by atoms with van der Waals surface area (Å²) < 4.78 is 5.87. The quantitative estimate of drug-likeness (QED) is 0.760. The summed E-state index contributed by atoms with van der Waals surface area (Å²) in [5.74, 6) is 0.954. The monoisotopic (exact) mass is 319 g/mol. The fourth-order valence-corrected chi connectivity index (χ4v) is 3.34. The van der Waals surface area contributed by atoms with Gasteiger partial charge in [0.15, 0.2) is 0 Å². The van der Waals surface area contributed by atoms with Crippen LogP contribution in [0.15, 0.2) is 24.3 Å². The molecule has 0 radical (unpaired) electrons. The molecule has 2 rings (SSSR count). The molecule has 130 valence electrons. The second kappa shape index (κ2) is 9.91. The number of likely N-dealkylation sites (tertiary alicyclic amines) is 1. The van der Waals surface area contributed by atoms with E-state index >= 15 is 0 Å². The zero-order valence-electron chi connectivity index (χ0n) is 14.8. The molecule has 0 aromatic heterocycles. The molecule has 0 bridgehead atoms. The van der Waals surface area contributed by atoms with Crippen molar-refractivity contribution in [1.29, 1.82) is 0 Å². The number of rotatable bonds is 9. The van der Waals surface area contributed by atoms with Gasteiger partial charge < -0.3 is 15.4 Å². The predicted molar refractivity (Wildman–Crippen MR) is 96.9 cm³/mol. The Hall–Kier alpha value is -1.10. The maximum Gasteiger partial charge on any atom is 0.119 e. The van der Waals surface area contributed by atoms with Gasteiger partial charge in [0.05, 0.1) is 0 Å². The molecule has 1 fully saturated rings. The Balaban J connectivity index is 1.87. The molecule has 2 N–H and O–H groups in total. The van der Waals surface area contributed by atoms with Gasteiger partial charge in [-0.1, -0.05) is 32.4 Å². The first-order valence-electron chi connectivity index (χ1n) is 9.17. The summed E-state index contributed by atoms with van der Waals surface area (Å²) in [5.41, 5.74) is 7.35. The molecule has 4 heteroatoms. The molecule has 4 nitrogen and oxygen atoms in total. The van der Waals surface area contributed by atoms with Crippen LogP contribution in [0.4, 0.5) is 0 Å². The number of nitrogens with two attached hydrogens (primary N) is 1. The normalized spacial score (nSPS) is 17.4. The Morgan fingerprint density at radius 2 is 1.74 bits per heavy atom. The van der Waals surface area contributed by atoms with Crippen molar-refractivity contribution < 1.29 is 4.74 Å². The lowest BCUT2D eigenvalue weighted by Crippen LogP contribution is -2.37. The van der Waals surface area contributed by atoms with Crippen molar-refractivity contribution in [3.63, 3.8) is 0 Å². The van der Waals surface area contributed by atoms with E-state index in [1.54, 1.807) is 0 Å². The first kappa shape index (κ1) is 18.2. The molecule has 1 aliphatic rings. The fraction of sp³-hybridized carbons (Fsp3) is 0.684. The highest BCUT2D eigenvalue weighted by Gasteiger charge is 2.20. The van der Waals surface area contributed by atoms with Crippen LogP contribution in [0.2, 0.25) is 0 Å². The van der Waals surface area contributed by atoms with Crippen LogP contribution in [0.1, 0.15) is 44.7 Å². The maximum absolute atomic E-state index is 6.04. The molecule has 0 spiro atoms. The van der Waals surface area contributed by atoms with Crippen molar-refractivity contribution in [2.24, 2.45) is 5.73 Å². The van der Waals surface area contributed by atoms with Crippen LogP contribution in [-0.4, -0.2) is 55.7 Å². The second-order valence-corrected chi connectivity index (χ2v) is 6.29. The topological polar surface area (TPSA) is 41.7 Å². The highest BCUT2D eigenvalue weighted by Crippen LogP contribution is 2.25. The Bertz CT molecular complexity index is 425. The maximum atomic E-state index is 6.04. The van der Waals surface area contributed by atoms with E-state index in [2.05, 4.69) is 47.9 Å². The van der Waals surface area contributed by atoms with Crippen molar-refractivity contribution in [3.05, 3.63) is 29.8 Å². The van der Waals surface area contributed by atoms with Gasteiger partial charge in [-0.25, -0.2) is 0 Å². The zero-order chi connectivity index (χ0) is 16.5. The number of hydrogen-bond donors (Lipinski definition) is 1. The predicted octanol–water partition coefficient (Wildman–Crippen LogP) is 2.89. The molecule has 0 amide bonds. The number of hydrogen-bond acceptors (Lipinski definition) is 4. The minimum Gasteiger partial charge on any atom is -0.492 e. The number of piperidine rings is 1. The minimum atomic E-state index is 0.347. The largest absolute Gasteiger partial charge is 0.492 e. The zero-order valence-corrected chi connectivity index (χ0v) is 14.8. The summed E-state index contributed by atoms with van der Waals surface area (Å²) in [6.45, 7) is 11.3. The molecule has 1 atom stereocenters. The first-order chi connectivity index (χ1) is 11.3. The third kappa shape index (κ3) is 5.48. The summed E-state index contributed by atoms with van der Waals surface area (Å²) in [4.78, 5) is 4.90. The molecule has 1 saturated heterocycles. The summed E-state index contributed by atoms with van der Waals surface area (Å²) in [5, 5.41) is 0. The Morgan fingerprint density at radius 1 is 1.09 bits per heavy atom. The van der Waals surface area contributed by atoms with E-state index in [4.69, 9.17) is 10.5 Å². The smallest absolute Gasteiger partial charge is 0.119 e. The molecule has 1 unspecified atom stereocenters. The van der Waals surface area contributed by atoms with Gasteiger partial charge in [-0.2, -0.15) is 0 Å². The number of likely N-dealkylation sites (N-methyl/N-ethyl adjacent to an activating group) is 1. The summed E-state index contributed by atoms with van der Waals surface area (Å²) >= 11 is 0. The van der Waals surface area contributed by atoms with E-state index in [0.717, 1.165) is 32.0 Å². The first-order valence-corrected chi connectivity index (χ1v) is 9.17. The lowest BCUT2D eigenvalue weighted by atomic mass is 10.0. The molecule has 0 aliphatic carbocycles. The molecule has 1 aliphatic heterocycles. The average Bonchev–Trinajstić information content (AvgIpc) is 2.61. The van der Waals surface area contributed by atoms with Gasteiger partial charge in [0.1, 0.15) is 12.4 Å². The summed E-state index contributed by atoms with van der Waals surface area (Å²) in [7, 11) is 0. The SMILES string of the molecule is CCN(CC)CCOc1ccc(C(CN)N2CCCCC2)cc1. The van der Waals surface area contributed by atoms with Gasteiger partial charge >= 0.3 is 0 Å². The van der Waals surface area contributed by atoms with E-state index in [1.165, 1.54) is 37.9 Å². The van der Waals surface area contributed by atoms with E-state index in [-0.39, 0.29) is 0 Å². The van der Waals surface area contributed by atoms with Gasteiger partial charge in [-0.3, -0.25) is 4.90 Å². The van der Waals surface area contributed by atoms with Crippen LogP contribution in [0, 0.1) is 0 Å². The van der Waals surface area contributed by atoms with Crippen molar-refractivity contribution in [2.75, 3.05) is 45.9 Å². The van der Waals surface area contributed by atoms with Crippen LogP contribution < -0.4 is 10.5 Å². The average molecular weight is 319 g/mol. The third-order valence-electron chi connectivity index (χ3n) is 4.89. The van der Waals surface area contributed by atoms with Gasteiger partial charge in [0.25, 0.3) is 0 Å². The molecular formula is C19H33N3O. The highest BCUT2D eigenvalue weighted by atomic mass is 16.5. The van der Waals surface area contributed by atoms with Crippen LogP contribution in [-0.2, 0) is 0 Å². The van der Waals surface area contributed by atoms with Gasteiger partial charge in [-0.15, -0.1) is 0 Å². The van der Waals surface area contributed by atoms with Crippen molar-refractivity contribution in [3.8, 4) is 5.75 Å². The fourth-order valence-electron chi connectivity index (χ4n) is 3.34. The lowest BCUT2D eigenvalue weighted by molar-refractivity contribution is 0.167. The molecule has 1 heterocycles. The second-order valence-electron chi connectivity index (χ2n) is 6.29. The van der Waals surface area contributed by atoms with Crippen molar-refractivity contribution in [1.82, 2.24) is 9.80 Å². The molecule has 1 aromatic carbocycles. The highest BCUT2D eigenvalue weighted by molar-refractivity contribution is 5.29. The van der Waals surface area contributed by atoms with Crippen LogP contribution in [0.5, 0.6) is 5.75 Å². The van der Waals surface area contributed by atoms with Crippen molar-refractivity contribution in [2.45, 2.75) is 39.2 Å². The molecule has 0 saturated carbocycles. The van der Waals surface area contributed by atoms with E-state index in [9.17, 15) is 0 Å².